The van der Waals surface area contributed by atoms with Gasteiger partial charge in [-0.3, -0.25) is 13.9 Å². The van der Waals surface area contributed by atoms with Gasteiger partial charge in [0.05, 0.1) is 11.9 Å². The average molecular weight is 522 g/mol. The van der Waals surface area contributed by atoms with Gasteiger partial charge in [-0.25, -0.2) is 8.42 Å². The zero-order valence-corrected chi connectivity index (χ0v) is 22.5. The Balaban J connectivity index is 2.18. The summed E-state index contributed by atoms with van der Waals surface area (Å²) in [5.41, 5.74) is 1.38. The summed E-state index contributed by atoms with van der Waals surface area (Å²) < 4.78 is 26.0. The first-order valence-corrected chi connectivity index (χ1v) is 14.1. The van der Waals surface area contributed by atoms with Crippen LogP contribution in [0.2, 0.25) is 5.02 Å². The quantitative estimate of drug-likeness (QED) is 0.421. The maximum Gasteiger partial charge on any atom is 0.242 e. The maximum atomic E-state index is 13.4. The fourth-order valence-electron chi connectivity index (χ4n) is 3.76. The smallest absolute Gasteiger partial charge is 0.242 e. The van der Waals surface area contributed by atoms with Crippen LogP contribution in [-0.2, 0) is 26.2 Å². The molecule has 0 aliphatic carbocycles. The third-order valence-corrected chi connectivity index (χ3v) is 6.94. The number of rotatable bonds is 13. The monoisotopic (exact) mass is 521 g/mol. The van der Waals surface area contributed by atoms with E-state index in [-0.39, 0.29) is 24.8 Å². The molecule has 0 aromatic heterocycles. The highest BCUT2D eigenvalue weighted by molar-refractivity contribution is 7.92. The molecule has 2 rings (SSSR count). The van der Waals surface area contributed by atoms with Gasteiger partial charge in [-0.05, 0) is 42.5 Å². The Morgan fingerprint density at radius 1 is 1.06 bits per heavy atom. The Kier molecular flexibility index (Phi) is 11.0. The van der Waals surface area contributed by atoms with E-state index in [0.717, 1.165) is 11.8 Å². The minimum absolute atomic E-state index is 0.105. The van der Waals surface area contributed by atoms with E-state index >= 15 is 0 Å². The maximum absolute atomic E-state index is 13.4. The third kappa shape index (κ3) is 9.18. The van der Waals surface area contributed by atoms with Crippen molar-refractivity contribution in [3.8, 4) is 0 Å². The van der Waals surface area contributed by atoms with Crippen molar-refractivity contribution < 1.29 is 18.0 Å². The first-order chi connectivity index (χ1) is 16.5. The molecule has 0 aliphatic heterocycles. The molecular weight excluding hydrogens is 486 g/mol. The molecule has 0 fully saturated rings. The van der Waals surface area contributed by atoms with Crippen molar-refractivity contribution in [1.82, 2.24) is 10.2 Å². The van der Waals surface area contributed by atoms with Gasteiger partial charge in [0.25, 0.3) is 0 Å². The van der Waals surface area contributed by atoms with Crippen LogP contribution in [0, 0.1) is 5.92 Å². The Bertz CT molecular complexity index is 1080. The fourth-order valence-corrected chi connectivity index (χ4v) is 4.90. The molecule has 192 valence electrons. The van der Waals surface area contributed by atoms with E-state index in [0.29, 0.717) is 42.6 Å². The second kappa shape index (κ2) is 13.5. The average Bonchev–Trinajstić information content (AvgIpc) is 2.80. The molecule has 0 aliphatic rings. The van der Waals surface area contributed by atoms with Crippen molar-refractivity contribution in [3.63, 3.8) is 0 Å². The minimum atomic E-state index is -3.57. The summed E-state index contributed by atoms with van der Waals surface area (Å²) in [6.45, 7) is 6.88. The van der Waals surface area contributed by atoms with E-state index in [1.807, 2.05) is 51.1 Å². The van der Waals surface area contributed by atoms with Gasteiger partial charge in [-0.1, -0.05) is 68.8 Å². The minimum Gasteiger partial charge on any atom is -0.354 e. The summed E-state index contributed by atoms with van der Waals surface area (Å²) in [6.07, 6.45) is 2.01. The summed E-state index contributed by atoms with van der Waals surface area (Å²) >= 11 is 6.05. The molecule has 1 N–H and O–H groups in total. The molecule has 2 aromatic rings. The molecule has 35 heavy (non-hydrogen) atoms. The molecule has 0 radical (unpaired) electrons. The Morgan fingerprint density at radius 3 is 2.31 bits per heavy atom. The summed E-state index contributed by atoms with van der Waals surface area (Å²) in [5.74, 6) is -0.0784. The molecule has 1 atom stereocenters. The van der Waals surface area contributed by atoms with Crippen molar-refractivity contribution in [2.75, 3.05) is 23.7 Å². The number of benzene rings is 2. The predicted molar refractivity (Wildman–Crippen MR) is 142 cm³/mol. The van der Waals surface area contributed by atoms with Crippen molar-refractivity contribution in [3.05, 3.63) is 65.2 Å². The standard InChI is InChI=1S/C26H36ClN3O4S/c1-5-24(26(32)28-18-20(2)3)29(19-21-11-7-6-8-12-21)25(31)15-10-16-30(35(4,33)34)23-14-9-13-22(27)17-23/h6-9,11-14,17,20,24H,5,10,15-16,18-19H2,1-4H3,(H,28,32)/t24-/m1/s1. The largest absolute Gasteiger partial charge is 0.354 e. The number of amides is 2. The highest BCUT2D eigenvalue weighted by Crippen LogP contribution is 2.23. The highest BCUT2D eigenvalue weighted by Gasteiger charge is 2.28. The van der Waals surface area contributed by atoms with Gasteiger partial charge in [0.1, 0.15) is 6.04 Å². The van der Waals surface area contributed by atoms with Gasteiger partial charge in [-0.2, -0.15) is 0 Å². The molecule has 2 aromatic carbocycles. The van der Waals surface area contributed by atoms with E-state index in [1.54, 1.807) is 29.2 Å². The second-order valence-electron chi connectivity index (χ2n) is 8.99. The lowest BCUT2D eigenvalue weighted by Crippen LogP contribution is -2.49. The van der Waals surface area contributed by atoms with Crippen LogP contribution in [-0.4, -0.2) is 50.5 Å². The van der Waals surface area contributed by atoms with Crippen molar-refractivity contribution in [1.29, 1.82) is 0 Å². The van der Waals surface area contributed by atoms with Gasteiger partial charge in [0.2, 0.25) is 21.8 Å². The normalized spacial score (nSPS) is 12.3. The predicted octanol–water partition coefficient (Wildman–Crippen LogP) is 4.47. The van der Waals surface area contributed by atoms with E-state index in [1.165, 1.54) is 4.31 Å². The summed E-state index contributed by atoms with van der Waals surface area (Å²) in [7, 11) is -3.57. The van der Waals surface area contributed by atoms with Crippen molar-refractivity contribution >= 4 is 39.1 Å². The van der Waals surface area contributed by atoms with E-state index < -0.39 is 16.1 Å². The van der Waals surface area contributed by atoms with Gasteiger partial charge in [-0.15, -0.1) is 0 Å². The lowest BCUT2D eigenvalue weighted by molar-refractivity contribution is -0.141. The SMILES string of the molecule is CC[C@H](C(=O)NCC(C)C)N(Cc1ccccc1)C(=O)CCCN(c1cccc(Cl)c1)S(C)(=O)=O. The lowest BCUT2D eigenvalue weighted by Gasteiger charge is -2.31. The first-order valence-electron chi connectivity index (χ1n) is 11.9. The fraction of sp³-hybridized carbons (Fsp3) is 0.462. The lowest BCUT2D eigenvalue weighted by atomic mass is 10.1. The van der Waals surface area contributed by atoms with Crippen LogP contribution < -0.4 is 9.62 Å². The third-order valence-electron chi connectivity index (χ3n) is 5.51. The number of carbonyl (C=O) groups excluding carboxylic acids is 2. The van der Waals surface area contributed by atoms with Crippen molar-refractivity contribution in [2.45, 2.75) is 52.6 Å². The molecule has 9 heteroatoms. The summed E-state index contributed by atoms with van der Waals surface area (Å²) in [5, 5.41) is 3.37. The Labute approximate surface area is 214 Å². The molecular formula is C26H36ClN3O4S. The molecule has 0 unspecified atom stereocenters. The van der Waals surface area contributed by atoms with E-state index in [9.17, 15) is 18.0 Å². The van der Waals surface area contributed by atoms with Crippen LogP contribution in [0.25, 0.3) is 0 Å². The van der Waals surface area contributed by atoms with Crippen LogP contribution in [0.4, 0.5) is 5.69 Å². The van der Waals surface area contributed by atoms with Crippen LogP contribution in [0.1, 0.15) is 45.6 Å². The Morgan fingerprint density at radius 2 is 1.74 bits per heavy atom. The number of nitrogens with zero attached hydrogens (tertiary/aromatic N) is 2. The zero-order valence-electron chi connectivity index (χ0n) is 20.9. The number of hydrogen-bond acceptors (Lipinski definition) is 4. The van der Waals surface area contributed by atoms with E-state index in [4.69, 9.17) is 11.6 Å². The summed E-state index contributed by atoms with van der Waals surface area (Å²) in [6, 6.07) is 15.5. The van der Waals surface area contributed by atoms with Crippen LogP contribution in [0.3, 0.4) is 0 Å². The van der Waals surface area contributed by atoms with Gasteiger partial charge >= 0.3 is 0 Å². The number of anilines is 1. The molecule has 0 heterocycles. The van der Waals surface area contributed by atoms with Crippen LogP contribution >= 0.6 is 11.6 Å². The molecule has 0 saturated heterocycles. The molecule has 0 spiro atoms. The molecule has 0 saturated carbocycles. The number of carbonyl (C=O) groups is 2. The molecule has 0 bridgehead atoms. The van der Waals surface area contributed by atoms with Gasteiger partial charge in [0.15, 0.2) is 0 Å². The van der Waals surface area contributed by atoms with Crippen molar-refractivity contribution in [2.24, 2.45) is 5.92 Å². The highest BCUT2D eigenvalue weighted by atomic mass is 35.5. The Hall–Kier alpha value is -2.58. The topological polar surface area (TPSA) is 86.8 Å². The number of sulfonamides is 1. The van der Waals surface area contributed by atoms with Crippen LogP contribution in [0.5, 0.6) is 0 Å². The number of nitrogens with one attached hydrogen (secondary N) is 1. The van der Waals surface area contributed by atoms with Crippen LogP contribution in [0.15, 0.2) is 54.6 Å². The summed E-state index contributed by atoms with van der Waals surface area (Å²) in [4.78, 5) is 27.9. The van der Waals surface area contributed by atoms with E-state index in [2.05, 4.69) is 5.32 Å². The van der Waals surface area contributed by atoms with Gasteiger partial charge in [0, 0.05) is 31.1 Å². The second-order valence-corrected chi connectivity index (χ2v) is 11.3. The first kappa shape index (κ1) is 28.7. The molecule has 7 nitrogen and oxygen atoms in total. The molecule has 2 amide bonds. The van der Waals surface area contributed by atoms with Gasteiger partial charge < -0.3 is 10.2 Å². The number of hydrogen-bond donors (Lipinski definition) is 1. The number of halogens is 1. The zero-order chi connectivity index (χ0) is 26.0.